The number of hydrogen-bond donors (Lipinski definition) is 2. The highest BCUT2D eigenvalue weighted by Gasteiger charge is 2.41. The van der Waals surface area contributed by atoms with Gasteiger partial charge in [-0.15, -0.1) is 0 Å². The van der Waals surface area contributed by atoms with Crippen molar-refractivity contribution in [3.63, 3.8) is 0 Å². The van der Waals surface area contributed by atoms with Gasteiger partial charge in [-0.1, -0.05) is 15.9 Å². The van der Waals surface area contributed by atoms with Gasteiger partial charge in [-0.25, -0.2) is 4.39 Å². The molecule has 2 rings (SSSR count). The van der Waals surface area contributed by atoms with E-state index in [0.29, 0.717) is 6.54 Å². The highest BCUT2D eigenvalue weighted by atomic mass is 79.9. The molecule has 0 aromatic heterocycles. The van der Waals surface area contributed by atoms with Gasteiger partial charge in [0.05, 0.1) is 5.56 Å². The number of hydrogen-bond acceptors (Lipinski definition) is 2. The van der Waals surface area contributed by atoms with Gasteiger partial charge in [-0.3, -0.25) is 4.79 Å². The monoisotopic (exact) mass is 315 g/mol. The van der Waals surface area contributed by atoms with Crippen molar-refractivity contribution in [2.24, 2.45) is 5.41 Å². The van der Waals surface area contributed by atoms with E-state index < -0.39 is 11.7 Å². The lowest BCUT2D eigenvalue weighted by molar-refractivity contribution is 0.0941. The Bertz CT molecular complexity index is 460. The molecule has 1 aromatic carbocycles. The second-order valence-electron chi connectivity index (χ2n) is 4.78. The van der Waals surface area contributed by atoms with E-state index in [1.807, 2.05) is 0 Å². The van der Waals surface area contributed by atoms with Crippen molar-refractivity contribution in [1.29, 1.82) is 0 Å². The SMILES string of the molecule is O=C(NCC1(CCBr)CC1)c1cc(F)ccc1O. The normalized spacial score (nSPS) is 16.3. The van der Waals surface area contributed by atoms with Gasteiger partial charge in [-0.2, -0.15) is 0 Å². The smallest absolute Gasteiger partial charge is 0.255 e. The van der Waals surface area contributed by atoms with E-state index in [4.69, 9.17) is 0 Å². The van der Waals surface area contributed by atoms with E-state index in [0.717, 1.165) is 36.7 Å². The predicted octanol–water partition coefficient (Wildman–Crippen LogP) is 2.83. The molecule has 1 aromatic rings. The third-order valence-electron chi connectivity index (χ3n) is 3.41. The van der Waals surface area contributed by atoms with Crippen LogP contribution in [0.4, 0.5) is 4.39 Å². The highest BCUT2D eigenvalue weighted by Crippen LogP contribution is 2.48. The van der Waals surface area contributed by atoms with Crippen molar-refractivity contribution < 1.29 is 14.3 Å². The highest BCUT2D eigenvalue weighted by molar-refractivity contribution is 9.09. The third-order valence-corrected chi connectivity index (χ3v) is 3.81. The number of nitrogens with one attached hydrogen (secondary N) is 1. The first-order chi connectivity index (χ1) is 8.56. The minimum absolute atomic E-state index is 0.00959. The zero-order valence-electron chi connectivity index (χ0n) is 9.88. The van der Waals surface area contributed by atoms with Gasteiger partial charge in [0.15, 0.2) is 0 Å². The molecule has 1 aliphatic rings. The Morgan fingerprint density at radius 3 is 2.83 bits per heavy atom. The lowest BCUT2D eigenvalue weighted by Crippen LogP contribution is -2.30. The Balaban J connectivity index is 1.98. The summed E-state index contributed by atoms with van der Waals surface area (Å²) in [6.45, 7) is 0.577. The summed E-state index contributed by atoms with van der Waals surface area (Å²) in [5.74, 6) is -1.15. The van der Waals surface area contributed by atoms with E-state index in [-0.39, 0.29) is 16.7 Å². The molecule has 98 valence electrons. The average Bonchev–Trinajstić information content (AvgIpc) is 3.10. The van der Waals surface area contributed by atoms with E-state index >= 15 is 0 Å². The van der Waals surface area contributed by atoms with Crippen LogP contribution in [0.2, 0.25) is 0 Å². The third kappa shape index (κ3) is 3.02. The van der Waals surface area contributed by atoms with Gasteiger partial charge >= 0.3 is 0 Å². The lowest BCUT2D eigenvalue weighted by atomic mass is 10.0. The van der Waals surface area contributed by atoms with Crippen LogP contribution in [-0.2, 0) is 0 Å². The van der Waals surface area contributed by atoms with Crippen LogP contribution in [0.1, 0.15) is 29.6 Å². The molecule has 0 saturated heterocycles. The standard InChI is InChI=1S/C13H15BrFNO2/c14-6-5-13(3-4-13)8-16-12(18)10-7-9(15)1-2-11(10)17/h1-2,7,17H,3-6,8H2,(H,16,18). The molecule has 0 spiro atoms. The predicted molar refractivity (Wildman–Crippen MR) is 70.5 cm³/mol. The molecule has 18 heavy (non-hydrogen) atoms. The maximum Gasteiger partial charge on any atom is 0.255 e. The number of rotatable bonds is 5. The van der Waals surface area contributed by atoms with Crippen LogP contribution in [0.15, 0.2) is 18.2 Å². The Morgan fingerprint density at radius 2 is 2.22 bits per heavy atom. The number of phenolic OH excluding ortho intramolecular Hbond substituents is 1. The first-order valence-electron chi connectivity index (χ1n) is 5.89. The molecule has 0 radical (unpaired) electrons. The van der Waals surface area contributed by atoms with E-state index in [1.165, 1.54) is 6.07 Å². The molecule has 0 atom stereocenters. The van der Waals surface area contributed by atoms with Crippen LogP contribution in [0.25, 0.3) is 0 Å². The number of carbonyl (C=O) groups is 1. The summed E-state index contributed by atoms with van der Waals surface area (Å²) in [6.07, 6.45) is 3.23. The van der Waals surface area contributed by atoms with Crippen LogP contribution in [0.5, 0.6) is 5.75 Å². The van der Waals surface area contributed by atoms with Gasteiger partial charge < -0.3 is 10.4 Å². The number of aromatic hydroxyl groups is 1. The Labute approximate surface area is 114 Å². The molecular formula is C13H15BrFNO2. The van der Waals surface area contributed by atoms with Gasteiger partial charge in [0, 0.05) is 11.9 Å². The summed E-state index contributed by atoms with van der Waals surface area (Å²) in [6, 6.07) is 3.36. The van der Waals surface area contributed by atoms with E-state index in [2.05, 4.69) is 21.2 Å². The number of benzene rings is 1. The van der Waals surface area contributed by atoms with Crippen molar-refractivity contribution in [3.05, 3.63) is 29.6 Å². The second-order valence-corrected chi connectivity index (χ2v) is 5.58. The van der Waals surface area contributed by atoms with Crippen molar-refractivity contribution >= 4 is 21.8 Å². The molecule has 0 unspecified atom stereocenters. The Morgan fingerprint density at radius 1 is 1.50 bits per heavy atom. The molecule has 1 aliphatic carbocycles. The molecule has 0 aliphatic heterocycles. The number of alkyl halides is 1. The summed E-state index contributed by atoms with van der Waals surface area (Å²) in [5.41, 5.74) is 0.187. The summed E-state index contributed by atoms with van der Waals surface area (Å²) >= 11 is 3.40. The molecule has 2 N–H and O–H groups in total. The lowest BCUT2D eigenvalue weighted by Gasteiger charge is -2.14. The second kappa shape index (κ2) is 5.26. The molecule has 5 heteroatoms. The molecule has 1 amide bonds. The molecular weight excluding hydrogens is 301 g/mol. The summed E-state index contributed by atoms with van der Waals surface area (Å²) in [4.78, 5) is 11.8. The molecule has 0 bridgehead atoms. The zero-order valence-corrected chi connectivity index (χ0v) is 11.5. The van der Waals surface area contributed by atoms with E-state index in [1.54, 1.807) is 0 Å². The van der Waals surface area contributed by atoms with Crippen molar-refractivity contribution in [2.75, 3.05) is 11.9 Å². The topological polar surface area (TPSA) is 49.3 Å². The largest absolute Gasteiger partial charge is 0.507 e. The van der Waals surface area contributed by atoms with Crippen LogP contribution < -0.4 is 5.32 Å². The van der Waals surface area contributed by atoms with Gasteiger partial charge in [0.25, 0.3) is 5.91 Å². The van der Waals surface area contributed by atoms with Gasteiger partial charge in [-0.05, 0) is 42.9 Å². The molecule has 0 heterocycles. The Hall–Kier alpha value is -1.10. The van der Waals surface area contributed by atoms with Crippen LogP contribution in [0.3, 0.4) is 0 Å². The number of phenols is 1. The fourth-order valence-electron chi connectivity index (χ4n) is 1.95. The maximum absolute atomic E-state index is 13.0. The first kappa shape index (κ1) is 13.3. The quantitative estimate of drug-likeness (QED) is 0.821. The van der Waals surface area contributed by atoms with Crippen molar-refractivity contribution in [2.45, 2.75) is 19.3 Å². The van der Waals surface area contributed by atoms with Gasteiger partial charge in [0.1, 0.15) is 11.6 Å². The van der Waals surface area contributed by atoms with E-state index in [9.17, 15) is 14.3 Å². The number of amides is 1. The molecule has 1 fully saturated rings. The minimum atomic E-state index is -0.528. The van der Waals surface area contributed by atoms with Crippen molar-refractivity contribution in [1.82, 2.24) is 5.32 Å². The maximum atomic E-state index is 13.0. The molecule has 3 nitrogen and oxygen atoms in total. The van der Waals surface area contributed by atoms with Gasteiger partial charge in [0.2, 0.25) is 0 Å². The fraction of sp³-hybridized carbons (Fsp3) is 0.462. The fourth-order valence-corrected chi connectivity index (χ4v) is 2.79. The first-order valence-corrected chi connectivity index (χ1v) is 7.01. The summed E-state index contributed by atoms with van der Waals surface area (Å²) in [5, 5.41) is 13.2. The summed E-state index contributed by atoms with van der Waals surface area (Å²) < 4.78 is 13.0. The molecule has 1 saturated carbocycles. The van der Waals surface area contributed by atoms with Crippen LogP contribution in [-0.4, -0.2) is 22.9 Å². The van der Waals surface area contributed by atoms with Crippen LogP contribution >= 0.6 is 15.9 Å². The number of halogens is 2. The Kier molecular flexibility index (Phi) is 3.90. The average molecular weight is 316 g/mol. The minimum Gasteiger partial charge on any atom is -0.507 e. The summed E-state index contributed by atoms with van der Waals surface area (Å²) in [7, 11) is 0. The zero-order chi connectivity index (χ0) is 13.2. The number of carbonyl (C=O) groups excluding carboxylic acids is 1. The van der Waals surface area contributed by atoms with Crippen molar-refractivity contribution in [3.8, 4) is 5.75 Å². The van der Waals surface area contributed by atoms with Crippen LogP contribution in [0, 0.1) is 11.2 Å².